The van der Waals surface area contributed by atoms with Crippen molar-refractivity contribution in [3.05, 3.63) is 45.1 Å². The summed E-state index contributed by atoms with van der Waals surface area (Å²) < 4.78 is 2.80. The van der Waals surface area contributed by atoms with Gasteiger partial charge in [0.25, 0.3) is 5.56 Å². The molecule has 2 heterocycles. The molecule has 0 radical (unpaired) electrons. The number of rotatable bonds is 5. The van der Waals surface area contributed by atoms with Gasteiger partial charge in [-0.2, -0.15) is 0 Å². The molecule has 1 aromatic carbocycles. The second kappa shape index (κ2) is 7.25. The molecule has 0 saturated carbocycles. The fourth-order valence-electron chi connectivity index (χ4n) is 3.67. The maximum atomic E-state index is 13.1. The van der Waals surface area contributed by atoms with Gasteiger partial charge < -0.3 is 4.90 Å². The molecule has 3 rings (SSSR count). The van der Waals surface area contributed by atoms with Gasteiger partial charge in [-0.15, -0.1) is 0 Å². The second-order valence-corrected chi connectivity index (χ2v) is 6.58. The van der Waals surface area contributed by atoms with Crippen molar-refractivity contribution >= 4 is 16.8 Å². The van der Waals surface area contributed by atoms with Crippen molar-refractivity contribution in [1.82, 2.24) is 14.0 Å². The number of aromatic nitrogens is 2. The molecule has 134 valence electrons. The minimum Gasteiger partial charge on any atom is -0.341 e. The lowest BCUT2D eigenvalue weighted by atomic mass is 10.1. The van der Waals surface area contributed by atoms with Gasteiger partial charge >= 0.3 is 5.69 Å². The molecular formula is C19H25N3O3. The Morgan fingerprint density at radius 1 is 1.12 bits per heavy atom. The Kier molecular flexibility index (Phi) is 5.06. The lowest BCUT2D eigenvalue weighted by molar-refractivity contribution is -0.133. The normalized spacial score (nSPS) is 15.7. The van der Waals surface area contributed by atoms with Crippen LogP contribution in [-0.2, 0) is 11.3 Å². The zero-order chi connectivity index (χ0) is 18.0. The van der Waals surface area contributed by atoms with Crippen LogP contribution in [0.25, 0.3) is 10.9 Å². The Balaban J connectivity index is 2.24. The lowest BCUT2D eigenvalue weighted by Crippen LogP contribution is -2.45. The van der Waals surface area contributed by atoms with Crippen LogP contribution in [0, 0.1) is 0 Å². The highest BCUT2D eigenvalue weighted by Crippen LogP contribution is 2.21. The first-order valence-corrected chi connectivity index (χ1v) is 9.13. The van der Waals surface area contributed by atoms with Gasteiger partial charge in [-0.1, -0.05) is 26.0 Å². The van der Waals surface area contributed by atoms with E-state index in [0.29, 0.717) is 30.3 Å². The molecule has 25 heavy (non-hydrogen) atoms. The van der Waals surface area contributed by atoms with Gasteiger partial charge in [0.15, 0.2) is 0 Å². The molecule has 1 unspecified atom stereocenters. The number of hydrogen-bond donors (Lipinski definition) is 0. The molecule has 1 aliphatic rings. The first kappa shape index (κ1) is 17.5. The minimum atomic E-state index is -0.570. The molecule has 6 heteroatoms. The summed E-state index contributed by atoms with van der Waals surface area (Å²) in [4.78, 5) is 40.6. The Morgan fingerprint density at radius 3 is 2.44 bits per heavy atom. The van der Waals surface area contributed by atoms with Crippen molar-refractivity contribution in [2.75, 3.05) is 13.1 Å². The smallest absolute Gasteiger partial charge is 0.332 e. The molecule has 0 bridgehead atoms. The number of amides is 1. The van der Waals surface area contributed by atoms with Gasteiger partial charge in [0, 0.05) is 19.6 Å². The fourth-order valence-corrected chi connectivity index (χ4v) is 3.67. The molecule has 1 amide bonds. The number of para-hydroxylation sites is 1. The molecular weight excluding hydrogens is 318 g/mol. The summed E-state index contributed by atoms with van der Waals surface area (Å²) in [5.74, 6) is -0.0195. The van der Waals surface area contributed by atoms with E-state index in [2.05, 4.69) is 0 Å². The summed E-state index contributed by atoms with van der Waals surface area (Å²) in [6.07, 6.45) is 3.22. The standard InChI is InChI=1S/C19H25N3O3/c1-3-11-21-17(23)14-9-5-6-10-16(14)22(19(21)25)15(4-2)18(24)20-12-7-8-13-20/h5-6,9-10,15H,3-4,7-8,11-13H2,1-2H3. The molecule has 1 aromatic heterocycles. The number of hydrogen-bond acceptors (Lipinski definition) is 3. The second-order valence-electron chi connectivity index (χ2n) is 6.58. The summed E-state index contributed by atoms with van der Waals surface area (Å²) in [7, 11) is 0. The number of nitrogens with zero attached hydrogens (tertiary/aromatic N) is 3. The lowest BCUT2D eigenvalue weighted by Gasteiger charge is -2.25. The van der Waals surface area contributed by atoms with Crippen molar-refractivity contribution in [2.24, 2.45) is 0 Å². The third-order valence-corrected chi connectivity index (χ3v) is 4.92. The Bertz CT molecular complexity index is 891. The summed E-state index contributed by atoms with van der Waals surface area (Å²) >= 11 is 0. The van der Waals surface area contributed by atoms with Gasteiger partial charge in [0.2, 0.25) is 5.91 Å². The van der Waals surface area contributed by atoms with Gasteiger partial charge in [0.05, 0.1) is 10.9 Å². The average molecular weight is 343 g/mol. The molecule has 0 N–H and O–H groups in total. The van der Waals surface area contributed by atoms with Crippen molar-refractivity contribution in [1.29, 1.82) is 0 Å². The highest BCUT2D eigenvalue weighted by atomic mass is 16.2. The van der Waals surface area contributed by atoms with Crippen LogP contribution in [0.3, 0.4) is 0 Å². The van der Waals surface area contributed by atoms with E-state index < -0.39 is 6.04 Å². The molecule has 1 atom stereocenters. The van der Waals surface area contributed by atoms with Crippen LogP contribution in [0.5, 0.6) is 0 Å². The van der Waals surface area contributed by atoms with Crippen molar-refractivity contribution in [2.45, 2.75) is 52.1 Å². The highest BCUT2D eigenvalue weighted by Gasteiger charge is 2.29. The van der Waals surface area contributed by atoms with Gasteiger partial charge in [0.1, 0.15) is 6.04 Å². The quantitative estimate of drug-likeness (QED) is 0.835. The number of benzene rings is 1. The van der Waals surface area contributed by atoms with Crippen LogP contribution in [-0.4, -0.2) is 33.0 Å². The van der Waals surface area contributed by atoms with Crippen molar-refractivity contribution < 1.29 is 4.79 Å². The van der Waals surface area contributed by atoms with Crippen molar-refractivity contribution in [3.63, 3.8) is 0 Å². The first-order chi connectivity index (χ1) is 12.1. The summed E-state index contributed by atoms with van der Waals surface area (Å²) in [6.45, 7) is 5.69. The number of likely N-dealkylation sites (tertiary alicyclic amines) is 1. The first-order valence-electron chi connectivity index (χ1n) is 9.13. The zero-order valence-electron chi connectivity index (χ0n) is 14.9. The third kappa shape index (κ3) is 3.01. The monoisotopic (exact) mass is 343 g/mol. The van der Waals surface area contributed by atoms with Crippen LogP contribution >= 0.6 is 0 Å². The van der Waals surface area contributed by atoms with Crippen LogP contribution in [0.4, 0.5) is 0 Å². The largest absolute Gasteiger partial charge is 0.341 e. The van der Waals surface area contributed by atoms with E-state index in [9.17, 15) is 14.4 Å². The molecule has 0 aliphatic carbocycles. The molecule has 1 aliphatic heterocycles. The van der Waals surface area contributed by atoms with Crippen LogP contribution in [0.15, 0.2) is 33.9 Å². The van der Waals surface area contributed by atoms with E-state index in [1.807, 2.05) is 18.7 Å². The number of carbonyl (C=O) groups is 1. The van der Waals surface area contributed by atoms with Gasteiger partial charge in [-0.25, -0.2) is 4.79 Å². The molecule has 1 saturated heterocycles. The topological polar surface area (TPSA) is 64.3 Å². The predicted molar refractivity (Wildman–Crippen MR) is 97.9 cm³/mol. The summed E-state index contributed by atoms with van der Waals surface area (Å²) in [5, 5.41) is 0.489. The molecule has 2 aromatic rings. The van der Waals surface area contributed by atoms with E-state index in [1.165, 1.54) is 9.13 Å². The van der Waals surface area contributed by atoms with E-state index in [-0.39, 0.29) is 17.2 Å². The third-order valence-electron chi connectivity index (χ3n) is 4.92. The average Bonchev–Trinajstić information content (AvgIpc) is 3.16. The fraction of sp³-hybridized carbons (Fsp3) is 0.526. The van der Waals surface area contributed by atoms with Gasteiger partial charge in [-0.05, 0) is 37.8 Å². The maximum absolute atomic E-state index is 13.1. The molecule has 6 nitrogen and oxygen atoms in total. The van der Waals surface area contributed by atoms with Crippen molar-refractivity contribution in [3.8, 4) is 0 Å². The van der Waals surface area contributed by atoms with E-state index in [1.54, 1.807) is 24.3 Å². The Morgan fingerprint density at radius 2 is 1.80 bits per heavy atom. The van der Waals surface area contributed by atoms with Crippen LogP contribution in [0.2, 0.25) is 0 Å². The van der Waals surface area contributed by atoms with Crippen LogP contribution < -0.4 is 11.2 Å². The van der Waals surface area contributed by atoms with E-state index in [4.69, 9.17) is 0 Å². The molecule has 0 spiro atoms. The zero-order valence-corrected chi connectivity index (χ0v) is 14.9. The Hall–Kier alpha value is -2.37. The Labute approximate surface area is 146 Å². The number of fused-ring (bicyclic) bond motifs is 1. The highest BCUT2D eigenvalue weighted by molar-refractivity contribution is 5.84. The van der Waals surface area contributed by atoms with E-state index in [0.717, 1.165) is 25.9 Å². The predicted octanol–water partition coefficient (Wildman–Crippen LogP) is 2.15. The van der Waals surface area contributed by atoms with E-state index >= 15 is 0 Å². The van der Waals surface area contributed by atoms with Crippen LogP contribution in [0.1, 0.15) is 45.6 Å². The van der Waals surface area contributed by atoms with Gasteiger partial charge in [-0.3, -0.25) is 18.7 Å². The number of carbonyl (C=O) groups excluding carboxylic acids is 1. The minimum absolute atomic E-state index is 0.0195. The summed E-state index contributed by atoms with van der Waals surface area (Å²) in [6, 6.07) is 6.51. The maximum Gasteiger partial charge on any atom is 0.332 e. The molecule has 1 fully saturated rings. The summed E-state index contributed by atoms with van der Waals surface area (Å²) in [5.41, 5.74) is -0.114. The SMILES string of the molecule is CCCn1c(=O)c2ccccc2n(C(CC)C(=O)N2CCCC2)c1=O.